The van der Waals surface area contributed by atoms with Gasteiger partial charge in [-0.25, -0.2) is 4.79 Å². The van der Waals surface area contributed by atoms with Gasteiger partial charge in [-0.15, -0.1) is 0 Å². The van der Waals surface area contributed by atoms with Crippen LogP contribution in [-0.2, 0) is 18.4 Å². The van der Waals surface area contributed by atoms with Gasteiger partial charge in [0.05, 0.1) is 17.8 Å². The molecule has 0 spiro atoms. The van der Waals surface area contributed by atoms with Crippen molar-refractivity contribution in [1.82, 2.24) is 0 Å². The first kappa shape index (κ1) is 38.1. The number of aromatic carboxylic acids is 1. The number of aliphatic hydroxyl groups excluding tert-OH is 1. The van der Waals surface area contributed by atoms with Crippen LogP contribution in [0.4, 0.5) is 0 Å². The van der Waals surface area contributed by atoms with Gasteiger partial charge in [-0.05, 0) is 116 Å². The highest BCUT2D eigenvalue weighted by Crippen LogP contribution is 2.53. The summed E-state index contributed by atoms with van der Waals surface area (Å²) < 4.78 is 7.12. The fourth-order valence-electron chi connectivity index (χ4n) is 9.10. The molecule has 8 rings (SSSR count). The quantitative estimate of drug-likeness (QED) is 0.130. The van der Waals surface area contributed by atoms with E-state index >= 15 is 0 Å². The van der Waals surface area contributed by atoms with E-state index in [4.69, 9.17) is 10.5 Å². The SMILES string of the molecule is CC(Cc1ccc(CN)cc1)Oc1cc(-c2ccc3ccccc3c2C(O)C=Cc2ccc(C(=O)O)cc2)cc2ccc3c(c12)C(C)(C)CC1=C3C=CC(C)(C)C1. The lowest BCUT2D eigenvalue weighted by Crippen LogP contribution is -2.28. The molecule has 57 heavy (non-hydrogen) atoms. The molecular weight excluding hydrogens is 703 g/mol. The van der Waals surface area contributed by atoms with Crippen molar-refractivity contribution in [2.75, 3.05) is 0 Å². The van der Waals surface area contributed by atoms with E-state index < -0.39 is 12.1 Å². The molecule has 0 aliphatic heterocycles. The first-order valence-electron chi connectivity index (χ1n) is 20.0. The van der Waals surface area contributed by atoms with Crippen molar-refractivity contribution in [2.24, 2.45) is 11.1 Å². The molecule has 0 saturated carbocycles. The van der Waals surface area contributed by atoms with E-state index in [9.17, 15) is 15.0 Å². The first-order valence-corrected chi connectivity index (χ1v) is 20.0. The number of nitrogens with two attached hydrogens (primary N) is 1. The van der Waals surface area contributed by atoms with Crippen LogP contribution < -0.4 is 10.5 Å². The molecule has 2 unspecified atom stereocenters. The smallest absolute Gasteiger partial charge is 0.335 e. The summed E-state index contributed by atoms with van der Waals surface area (Å²) in [4.78, 5) is 11.4. The largest absolute Gasteiger partial charge is 0.490 e. The summed E-state index contributed by atoms with van der Waals surface area (Å²) in [6.07, 6.45) is 10.0. The minimum atomic E-state index is -0.971. The Labute approximate surface area is 335 Å². The molecule has 288 valence electrons. The van der Waals surface area contributed by atoms with Crippen LogP contribution in [-0.4, -0.2) is 22.3 Å². The minimum Gasteiger partial charge on any atom is -0.490 e. The van der Waals surface area contributed by atoms with Crippen molar-refractivity contribution in [1.29, 1.82) is 0 Å². The second-order valence-electron chi connectivity index (χ2n) is 17.3. The van der Waals surface area contributed by atoms with Gasteiger partial charge in [-0.3, -0.25) is 0 Å². The van der Waals surface area contributed by atoms with Crippen LogP contribution in [0.15, 0.2) is 133 Å². The van der Waals surface area contributed by atoms with Crippen molar-refractivity contribution < 1.29 is 19.7 Å². The molecule has 0 saturated heterocycles. The molecule has 0 fully saturated rings. The monoisotopic (exact) mass is 753 g/mol. The maximum Gasteiger partial charge on any atom is 0.335 e. The number of ether oxygens (including phenoxy) is 1. The summed E-state index contributed by atoms with van der Waals surface area (Å²) in [5.74, 6) is -0.133. The molecule has 5 heteroatoms. The third kappa shape index (κ3) is 7.58. The molecule has 6 aromatic rings. The standard InChI is InChI=1S/C52H51NO4/c1-32(26-34-10-12-35(31-53)13-11-34)57-46-28-39(27-38-20-22-44-41-24-25-51(2,3)29-40(41)30-52(4,5)49(44)47(38)46)43-21-19-36-8-6-7-9-42(36)48(43)45(54)23-16-33-14-17-37(18-15-33)50(55)56/h6-25,27-28,32,45,54H,26,29-31,53H2,1-5H3,(H,55,56). The van der Waals surface area contributed by atoms with Crippen LogP contribution in [0.3, 0.4) is 0 Å². The lowest BCUT2D eigenvalue weighted by molar-refractivity contribution is 0.0697. The molecule has 2 aliphatic carbocycles. The van der Waals surface area contributed by atoms with Crippen LogP contribution >= 0.6 is 0 Å². The molecule has 0 bridgehead atoms. The van der Waals surface area contributed by atoms with Crippen LogP contribution in [0.5, 0.6) is 5.75 Å². The highest BCUT2D eigenvalue weighted by molar-refractivity contribution is 6.02. The number of rotatable bonds is 10. The second-order valence-corrected chi connectivity index (χ2v) is 17.3. The van der Waals surface area contributed by atoms with Gasteiger partial charge in [0, 0.05) is 23.9 Å². The van der Waals surface area contributed by atoms with Gasteiger partial charge in [-0.2, -0.15) is 0 Å². The number of carbonyl (C=O) groups is 1. The van der Waals surface area contributed by atoms with E-state index in [0.717, 1.165) is 74.4 Å². The Kier molecular flexibility index (Phi) is 10.0. The lowest BCUT2D eigenvalue weighted by atomic mass is 9.64. The molecule has 2 atom stereocenters. The Bertz CT molecular complexity index is 2610. The zero-order chi connectivity index (χ0) is 40.1. The molecule has 0 amide bonds. The molecule has 0 heterocycles. The van der Waals surface area contributed by atoms with Crippen molar-refractivity contribution in [3.05, 3.63) is 172 Å². The second kappa shape index (κ2) is 15.0. The zero-order valence-corrected chi connectivity index (χ0v) is 33.5. The Morgan fingerprint density at radius 3 is 2.28 bits per heavy atom. The predicted molar refractivity (Wildman–Crippen MR) is 235 cm³/mol. The number of fused-ring (bicyclic) bond motifs is 5. The summed E-state index contributed by atoms with van der Waals surface area (Å²) in [7, 11) is 0. The number of carboxylic acid groups (broad SMARTS) is 1. The molecule has 0 radical (unpaired) electrons. The number of benzene rings is 6. The van der Waals surface area contributed by atoms with E-state index in [1.165, 1.54) is 27.8 Å². The van der Waals surface area contributed by atoms with Crippen LogP contribution in [0, 0.1) is 5.41 Å². The van der Waals surface area contributed by atoms with Crippen molar-refractivity contribution in [3.8, 4) is 16.9 Å². The maximum atomic E-state index is 12.0. The third-order valence-corrected chi connectivity index (χ3v) is 11.8. The zero-order valence-electron chi connectivity index (χ0n) is 33.5. The van der Waals surface area contributed by atoms with Crippen molar-refractivity contribution in [3.63, 3.8) is 0 Å². The van der Waals surface area contributed by atoms with E-state index in [2.05, 4.69) is 120 Å². The fraction of sp³-hybridized carbons (Fsp3) is 0.250. The molecular formula is C52H51NO4. The summed E-state index contributed by atoms with van der Waals surface area (Å²) in [6, 6.07) is 36.5. The Balaban J connectivity index is 1.29. The number of aliphatic hydroxyl groups is 1. The predicted octanol–water partition coefficient (Wildman–Crippen LogP) is 12.0. The van der Waals surface area contributed by atoms with Gasteiger partial charge in [0.2, 0.25) is 0 Å². The summed E-state index contributed by atoms with van der Waals surface area (Å²) >= 11 is 0. The molecule has 6 aromatic carbocycles. The van der Waals surface area contributed by atoms with Crippen LogP contribution in [0.2, 0.25) is 0 Å². The summed E-state index contributed by atoms with van der Waals surface area (Å²) in [5.41, 5.74) is 17.4. The lowest BCUT2D eigenvalue weighted by Gasteiger charge is -2.40. The normalized spacial score (nSPS) is 16.8. The van der Waals surface area contributed by atoms with Crippen molar-refractivity contribution in [2.45, 2.75) is 78.0 Å². The number of hydrogen-bond acceptors (Lipinski definition) is 4. The molecule has 2 aliphatic rings. The van der Waals surface area contributed by atoms with Gasteiger partial charge >= 0.3 is 5.97 Å². The van der Waals surface area contributed by atoms with E-state index in [-0.39, 0.29) is 22.5 Å². The average Bonchev–Trinajstić information content (AvgIpc) is 3.18. The van der Waals surface area contributed by atoms with Gasteiger partial charge in [-0.1, -0.05) is 143 Å². The number of allylic oxidation sites excluding steroid dienone is 4. The summed E-state index contributed by atoms with van der Waals surface area (Å²) in [6.45, 7) is 12.0. The third-order valence-electron chi connectivity index (χ3n) is 11.8. The summed E-state index contributed by atoms with van der Waals surface area (Å²) in [5, 5.41) is 25.6. The van der Waals surface area contributed by atoms with E-state index in [0.29, 0.717) is 6.54 Å². The highest BCUT2D eigenvalue weighted by Gasteiger charge is 2.37. The van der Waals surface area contributed by atoms with Gasteiger partial charge < -0.3 is 20.7 Å². The molecule has 5 nitrogen and oxygen atoms in total. The topological polar surface area (TPSA) is 92.8 Å². The maximum absolute atomic E-state index is 12.0. The Hall–Kier alpha value is -5.75. The minimum absolute atomic E-state index is 0.128. The van der Waals surface area contributed by atoms with Crippen LogP contribution in [0.1, 0.15) is 97.3 Å². The van der Waals surface area contributed by atoms with E-state index in [1.54, 1.807) is 30.3 Å². The fourth-order valence-corrected chi connectivity index (χ4v) is 9.10. The Morgan fingerprint density at radius 1 is 0.842 bits per heavy atom. The van der Waals surface area contributed by atoms with Gasteiger partial charge in [0.25, 0.3) is 0 Å². The van der Waals surface area contributed by atoms with Gasteiger partial charge in [0.15, 0.2) is 0 Å². The number of carboxylic acids is 1. The molecule has 0 aromatic heterocycles. The highest BCUT2D eigenvalue weighted by atomic mass is 16.5. The molecule has 4 N–H and O–H groups in total. The first-order chi connectivity index (χ1) is 27.3. The Morgan fingerprint density at radius 2 is 1.54 bits per heavy atom. The average molecular weight is 754 g/mol. The van der Waals surface area contributed by atoms with Crippen LogP contribution in [0.25, 0.3) is 44.3 Å². The van der Waals surface area contributed by atoms with Crippen molar-refractivity contribution >= 4 is 39.2 Å². The van der Waals surface area contributed by atoms with Gasteiger partial charge in [0.1, 0.15) is 5.75 Å². The van der Waals surface area contributed by atoms with E-state index in [1.807, 2.05) is 18.2 Å². The number of hydrogen-bond donors (Lipinski definition) is 3.